The van der Waals surface area contributed by atoms with E-state index in [2.05, 4.69) is 42.0 Å². The lowest BCUT2D eigenvalue weighted by Crippen LogP contribution is -2.39. The van der Waals surface area contributed by atoms with Gasteiger partial charge in [-0.3, -0.25) is 0 Å². The number of nitriles is 1. The molecule has 0 aliphatic carbocycles. The zero-order valence-corrected chi connectivity index (χ0v) is 14.2. The second-order valence-corrected chi connectivity index (χ2v) is 5.61. The summed E-state index contributed by atoms with van der Waals surface area (Å²) < 4.78 is 0. The van der Waals surface area contributed by atoms with E-state index in [9.17, 15) is 0 Å². The highest BCUT2D eigenvalue weighted by Crippen LogP contribution is 2.11. The molecule has 20 heavy (non-hydrogen) atoms. The molecule has 0 radical (unpaired) electrons. The molecule has 0 aliphatic rings. The number of hydrogen-bond acceptors (Lipinski definition) is 4. The Balaban J connectivity index is 3.91. The molecule has 1 unspecified atom stereocenters. The standard InChI is InChI=1S/C16H34N4/c1-6-19(7-2)13-10-14-20(8-3)12-9-11-16(4,15-17)18-5/h18H,6-14H2,1-5H3. The van der Waals surface area contributed by atoms with Gasteiger partial charge in [-0.2, -0.15) is 5.26 Å². The van der Waals surface area contributed by atoms with Gasteiger partial charge in [-0.05, 0) is 72.5 Å². The van der Waals surface area contributed by atoms with Gasteiger partial charge in [-0.15, -0.1) is 0 Å². The molecule has 1 N–H and O–H groups in total. The van der Waals surface area contributed by atoms with Crippen LogP contribution in [0.4, 0.5) is 0 Å². The lowest BCUT2D eigenvalue weighted by Gasteiger charge is -2.25. The van der Waals surface area contributed by atoms with Crippen molar-refractivity contribution in [1.29, 1.82) is 5.26 Å². The average Bonchev–Trinajstić information content (AvgIpc) is 2.49. The third kappa shape index (κ3) is 7.84. The van der Waals surface area contributed by atoms with Crippen molar-refractivity contribution in [3.8, 4) is 6.07 Å². The predicted octanol–water partition coefficient (Wildman–Crippen LogP) is 2.32. The minimum atomic E-state index is -0.374. The van der Waals surface area contributed by atoms with Crippen molar-refractivity contribution in [2.24, 2.45) is 0 Å². The topological polar surface area (TPSA) is 42.3 Å². The first-order valence-electron chi connectivity index (χ1n) is 8.10. The highest BCUT2D eigenvalue weighted by Gasteiger charge is 2.20. The SMILES string of the molecule is CCN(CC)CCCN(CC)CCCC(C)(C#N)NC. The van der Waals surface area contributed by atoms with E-state index in [1.54, 1.807) is 0 Å². The molecule has 0 bridgehead atoms. The van der Waals surface area contributed by atoms with Gasteiger partial charge in [0.25, 0.3) is 0 Å². The van der Waals surface area contributed by atoms with E-state index in [4.69, 9.17) is 5.26 Å². The van der Waals surface area contributed by atoms with Crippen molar-refractivity contribution in [2.75, 3.05) is 46.3 Å². The lowest BCUT2D eigenvalue weighted by atomic mass is 9.98. The summed E-state index contributed by atoms with van der Waals surface area (Å²) in [6.45, 7) is 15.5. The quantitative estimate of drug-likeness (QED) is 0.596. The van der Waals surface area contributed by atoms with Crippen LogP contribution in [0, 0.1) is 11.3 Å². The van der Waals surface area contributed by atoms with Crippen LogP contribution >= 0.6 is 0 Å². The molecular formula is C16H34N4. The Labute approximate surface area is 126 Å². The van der Waals surface area contributed by atoms with Crippen LogP contribution < -0.4 is 5.32 Å². The minimum Gasteiger partial charge on any atom is -0.304 e. The molecular weight excluding hydrogens is 248 g/mol. The molecule has 1 atom stereocenters. The van der Waals surface area contributed by atoms with Crippen LogP contribution in [0.1, 0.15) is 47.0 Å². The largest absolute Gasteiger partial charge is 0.304 e. The van der Waals surface area contributed by atoms with Crippen molar-refractivity contribution < 1.29 is 0 Å². The van der Waals surface area contributed by atoms with Crippen LogP contribution in [-0.4, -0.2) is 61.7 Å². The fourth-order valence-corrected chi connectivity index (χ4v) is 2.38. The van der Waals surface area contributed by atoms with Gasteiger partial charge in [0.1, 0.15) is 5.54 Å². The van der Waals surface area contributed by atoms with Crippen LogP contribution in [0.2, 0.25) is 0 Å². The van der Waals surface area contributed by atoms with E-state index in [0.717, 1.165) is 45.6 Å². The Morgan fingerprint density at radius 1 is 0.950 bits per heavy atom. The van der Waals surface area contributed by atoms with E-state index in [-0.39, 0.29) is 5.54 Å². The van der Waals surface area contributed by atoms with Gasteiger partial charge < -0.3 is 15.1 Å². The van der Waals surface area contributed by atoms with Crippen molar-refractivity contribution in [1.82, 2.24) is 15.1 Å². The molecule has 0 amide bonds. The summed E-state index contributed by atoms with van der Waals surface area (Å²) in [5, 5.41) is 12.2. The number of hydrogen-bond donors (Lipinski definition) is 1. The van der Waals surface area contributed by atoms with Crippen LogP contribution in [0.15, 0.2) is 0 Å². The van der Waals surface area contributed by atoms with Gasteiger partial charge in [0.15, 0.2) is 0 Å². The molecule has 0 aromatic heterocycles. The Hall–Kier alpha value is -0.630. The van der Waals surface area contributed by atoms with E-state index in [1.807, 2.05) is 14.0 Å². The average molecular weight is 282 g/mol. The van der Waals surface area contributed by atoms with Crippen LogP contribution in [0.3, 0.4) is 0 Å². The smallest absolute Gasteiger partial charge is 0.103 e. The maximum absolute atomic E-state index is 9.13. The fraction of sp³-hybridized carbons (Fsp3) is 0.938. The van der Waals surface area contributed by atoms with Gasteiger partial charge in [0.05, 0.1) is 6.07 Å². The maximum atomic E-state index is 9.13. The molecule has 0 rings (SSSR count). The number of rotatable bonds is 12. The Morgan fingerprint density at radius 3 is 1.90 bits per heavy atom. The monoisotopic (exact) mass is 282 g/mol. The van der Waals surface area contributed by atoms with Crippen molar-refractivity contribution in [3.05, 3.63) is 0 Å². The molecule has 4 heteroatoms. The van der Waals surface area contributed by atoms with Gasteiger partial charge in [-0.25, -0.2) is 0 Å². The Morgan fingerprint density at radius 2 is 1.45 bits per heavy atom. The molecule has 118 valence electrons. The first kappa shape index (κ1) is 19.4. The third-order valence-electron chi connectivity index (χ3n) is 4.24. The van der Waals surface area contributed by atoms with Crippen LogP contribution in [0.5, 0.6) is 0 Å². The third-order valence-corrected chi connectivity index (χ3v) is 4.24. The summed E-state index contributed by atoms with van der Waals surface area (Å²) in [6, 6.07) is 2.36. The van der Waals surface area contributed by atoms with E-state index < -0.39 is 0 Å². The van der Waals surface area contributed by atoms with E-state index >= 15 is 0 Å². The molecule has 0 aromatic rings. The first-order valence-corrected chi connectivity index (χ1v) is 8.10. The fourth-order valence-electron chi connectivity index (χ4n) is 2.38. The molecule has 0 aliphatic heterocycles. The highest BCUT2D eigenvalue weighted by molar-refractivity contribution is 5.02. The second-order valence-electron chi connectivity index (χ2n) is 5.61. The number of nitrogens with one attached hydrogen (secondary N) is 1. The first-order chi connectivity index (χ1) is 9.55. The van der Waals surface area contributed by atoms with Gasteiger partial charge in [0.2, 0.25) is 0 Å². The van der Waals surface area contributed by atoms with Crippen molar-refractivity contribution in [2.45, 2.75) is 52.5 Å². The maximum Gasteiger partial charge on any atom is 0.103 e. The van der Waals surface area contributed by atoms with Crippen molar-refractivity contribution in [3.63, 3.8) is 0 Å². The van der Waals surface area contributed by atoms with Crippen LogP contribution in [-0.2, 0) is 0 Å². The summed E-state index contributed by atoms with van der Waals surface area (Å²) in [7, 11) is 1.87. The molecule has 0 aromatic carbocycles. The molecule has 0 spiro atoms. The van der Waals surface area contributed by atoms with Gasteiger partial charge >= 0.3 is 0 Å². The number of nitrogens with zero attached hydrogens (tertiary/aromatic N) is 3. The Kier molecular flexibility index (Phi) is 10.7. The van der Waals surface area contributed by atoms with Crippen molar-refractivity contribution >= 4 is 0 Å². The summed E-state index contributed by atoms with van der Waals surface area (Å²) in [5.41, 5.74) is -0.374. The zero-order valence-electron chi connectivity index (χ0n) is 14.2. The molecule has 0 heterocycles. The molecule has 0 saturated heterocycles. The Bertz CT molecular complexity index is 270. The minimum absolute atomic E-state index is 0.374. The van der Waals surface area contributed by atoms with Gasteiger partial charge in [-0.1, -0.05) is 20.8 Å². The summed E-state index contributed by atoms with van der Waals surface area (Å²) in [6.07, 6.45) is 3.22. The zero-order chi connectivity index (χ0) is 15.4. The normalized spacial score (nSPS) is 14.5. The van der Waals surface area contributed by atoms with E-state index in [1.165, 1.54) is 13.0 Å². The molecule has 4 nitrogen and oxygen atoms in total. The summed E-state index contributed by atoms with van der Waals surface area (Å²) >= 11 is 0. The molecule has 0 saturated carbocycles. The highest BCUT2D eigenvalue weighted by atomic mass is 15.1. The summed E-state index contributed by atoms with van der Waals surface area (Å²) in [5.74, 6) is 0. The molecule has 0 fully saturated rings. The van der Waals surface area contributed by atoms with Crippen LogP contribution in [0.25, 0.3) is 0 Å². The summed E-state index contributed by atoms with van der Waals surface area (Å²) in [4.78, 5) is 4.97. The second kappa shape index (κ2) is 11.1. The predicted molar refractivity (Wildman–Crippen MR) is 86.8 cm³/mol. The lowest BCUT2D eigenvalue weighted by molar-refractivity contribution is 0.236. The van der Waals surface area contributed by atoms with E-state index in [0.29, 0.717) is 0 Å². The van der Waals surface area contributed by atoms with Gasteiger partial charge in [0, 0.05) is 0 Å².